The van der Waals surface area contributed by atoms with Crippen LogP contribution in [0.4, 0.5) is 0 Å². The highest BCUT2D eigenvalue weighted by molar-refractivity contribution is 9.11. The monoisotopic (exact) mass is 398 g/mol. The van der Waals surface area contributed by atoms with E-state index in [2.05, 4.69) is 71.3 Å². The lowest BCUT2D eigenvalue weighted by molar-refractivity contribution is 0.648. The van der Waals surface area contributed by atoms with Crippen molar-refractivity contribution in [2.24, 2.45) is 0 Å². The number of tetrazole rings is 1. The third kappa shape index (κ3) is 2.22. The molecular formula is C16H11BrN6S. The molecular weight excluding hydrogens is 388 g/mol. The summed E-state index contributed by atoms with van der Waals surface area (Å²) >= 11 is 5.20. The lowest BCUT2D eigenvalue weighted by atomic mass is 10.1. The van der Waals surface area contributed by atoms with Gasteiger partial charge in [-0.05, 0) is 43.5 Å². The van der Waals surface area contributed by atoms with Crippen molar-refractivity contribution in [1.29, 1.82) is 0 Å². The number of H-pyrrole nitrogens is 1. The summed E-state index contributed by atoms with van der Waals surface area (Å²) in [5.74, 6) is 0. The Hall–Kier alpha value is -2.32. The molecule has 0 radical (unpaired) electrons. The van der Waals surface area contributed by atoms with Crippen molar-refractivity contribution in [3.8, 4) is 22.5 Å². The molecule has 0 fully saturated rings. The summed E-state index contributed by atoms with van der Waals surface area (Å²) in [6.45, 7) is 0.677. The molecule has 1 N–H and O–H groups in total. The fraction of sp³-hybridized carbons (Fsp3) is 0.125. The van der Waals surface area contributed by atoms with Gasteiger partial charge in [0.1, 0.15) is 6.33 Å². The molecule has 0 saturated heterocycles. The Balaban J connectivity index is 1.51. The zero-order valence-electron chi connectivity index (χ0n) is 12.4. The minimum Gasteiger partial charge on any atom is -0.277 e. The normalized spacial score (nSPS) is 12.4. The van der Waals surface area contributed by atoms with Crippen LogP contribution >= 0.6 is 27.3 Å². The van der Waals surface area contributed by atoms with E-state index in [0.29, 0.717) is 6.54 Å². The number of aromatic nitrogens is 6. The third-order valence-corrected chi connectivity index (χ3v) is 5.75. The Bertz CT molecular complexity index is 1030. The molecule has 5 rings (SSSR count). The van der Waals surface area contributed by atoms with Gasteiger partial charge in [0.25, 0.3) is 0 Å². The number of nitrogens with one attached hydrogen (secondary N) is 1. The summed E-state index contributed by atoms with van der Waals surface area (Å²) in [7, 11) is 0. The Morgan fingerprint density at radius 3 is 3.04 bits per heavy atom. The van der Waals surface area contributed by atoms with Gasteiger partial charge in [0.2, 0.25) is 0 Å². The maximum Gasteiger partial charge on any atom is 0.138 e. The van der Waals surface area contributed by atoms with E-state index in [1.807, 2.05) is 0 Å². The second-order valence-electron chi connectivity index (χ2n) is 5.74. The van der Waals surface area contributed by atoms with Crippen molar-refractivity contribution in [3.05, 3.63) is 56.4 Å². The fourth-order valence-electron chi connectivity index (χ4n) is 3.20. The van der Waals surface area contributed by atoms with E-state index >= 15 is 0 Å². The summed E-state index contributed by atoms with van der Waals surface area (Å²) in [6, 6.07) is 8.63. The van der Waals surface area contributed by atoms with E-state index in [-0.39, 0.29) is 0 Å². The Morgan fingerprint density at radius 2 is 2.25 bits per heavy atom. The van der Waals surface area contributed by atoms with E-state index in [1.54, 1.807) is 22.3 Å². The molecule has 24 heavy (non-hydrogen) atoms. The number of hydrogen-bond acceptors (Lipinski definition) is 5. The summed E-state index contributed by atoms with van der Waals surface area (Å²) in [5, 5.41) is 21.2. The van der Waals surface area contributed by atoms with E-state index in [4.69, 9.17) is 0 Å². The molecule has 3 heterocycles. The van der Waals surface area contributed by atoms with Gasteiger partial charge in [-0.2, -0.15) is 5.10 Å². The molecule has 118 valence electrons. The molecule has 4 aromatic rings. The van der Waals surface area contributed by atoms with E-state index in [0.717, 1.165) is 27.2 Å². The van der Waals surface area contributed by atoms with Crippen molar-refractivity contribution in [3.63, 3.8) is 0 Å². The molecule has 0 bridgehead atoms. The van der Waals surface area contributed by atoms with Gasteiger partial charge in [-0.3, -0.25) is 5.10 Å². The SMILES string of the molecule is Brc1cc(-c2n[nH]c3c2Cc2cc(Cn4cnnn4)ccc2-3)cs1. The van der Waals surface area contributed by atoms with Crippen molar-refractivity contribution in [2.45, 2.75) is 13.0 Å². The maximum atomic E-state index is 4.53. The van der Waals surface area contributed by atoms with Crippen molar-refractivity contribution in [1.82, 2.24) is 30.4 Å². The van der Waals surface area contributed by atoms with Gasteiger partial charge in [-0.25, -0.2) is 4.68 Å². The molecule has 3 aromatic heterocycles. The lowest BCUT2D eigenvalue weighted by Crippen LogP contribution is -2.01. The van der Waals surface area contributed by atoms with E-state index in [1.165, 1.54) is 22.3 Å². The highest BCUT2D eigenvalue weighted by atomic mass is 79.9. The van der Waals surface area contributed by atoms with Gasteiger partial charge < -0.3 is 0 Å². The average Bonchev–Trinajstić information content (AvgIpc) is 3.31. The molecule has 0 spiro atoms. The van der Waals surface area contributed by atoms with Crippen molar-refractivity contribution in [2.75, 3.05) is 0 Å². The Labute approximate surface area is 149 Å². The molecule has 0 amide bonds. The summed E-state index contributed by atoms with van der Waals surface area (Å²) in [4.78, 5) is 0. The summed E-state index contributed by atoms with van der Waals surface area (Å²) in [5.41, 5.74) is 8.36. The molecule has 0 unspecified atom stereocenters. The molecule has 8 heteroatoms. The molecule has 0 saturated carbocycles. The van der Waals surface area contributed by atoms with Crippen LogP contribution in [0.2, 0.25) is 0 Å². The molecule has 1 aliphatic carbocycles. The predicted octanol–water partition coefficient (Wildman–Crippen LogP) is 3.51. The molecule has 1 aromatic carbocycles. The highest BCUT2D eigenvalue weighted by Crippen LogP contribution is 2.41. The Morgan fingerprint density at radius 1 is 1.29 bits per heavy atom. The number of benzene rings is 1. The number of nitrogens with zero attached hydrogens (tertiary/aromatic N) is 5. The van der Waals surface area contributed by atoms with Crippen LogP contribution < -0.4 is 0 Å². The predicted molar refractivity (Wildman–Crippen MR) is 94.8 cm³/mol. The van der Waals surface area contributed by atoms with Gasteiger partial charge in [-0.1, -0.05) is 18.2 Å². The van der Waals surface area contributed by atoms with Gasteiger partial charge in [0, 0.05) is 28.5 Å². The standard InChI is InChI=1S/C16H11BrN6S/c17-14-5-11(7-24-14)15-13-4-10-3-9(6-23-8-18-21-22-23)1-2-12(10)16(13)20-19-15/h1-3,5,7-8H,4,6H2,(H,19,20). The number of aromatic amines is 1. The number of rotatable bonds is 3. The smallest absolute Gasteiger partial charge is 0.138 e. The summed E-state index contributed by atoms with van der Waals surface area (Å²) < 4.78 is 2.85. The number of fused-ring (bicyclic) bond motifs is 3. The van der Waals surface area contributed by atoms with Crippen molar-refractivity contribution >= 4 is 27.3 Å². The number of thiophene rings is 1. The summed E-state index contributed by atoms with van der Waals surface area (Å²) in [6.07, 6.45) is 2.53. The van der Waals surface area contributed by atoms with Crippen LogP contribution in [0.15, 0.2) is 39.8 Å². The third-order valence-electron chi connectivity index (χ3n) is 4.25. The topological polar surface area (TPSA) is 72.3 Å². The van der Waals surface area contributed by atoms with Gasteiger partial charge in [-0.15, -0.1) is 16.4 Å². The van der Waals surface area contributed by atoms with Gasteiger partial charge in [0.05, 0.1) is 21.7 Å². The van der Waals surface area contributed by atoms with Crippen molar-refractivity contribution < 1.29 is 0 Å². The minimum absolute atomic E-state index is 0.677. The molecule has 0 atom stereocenters. The Kier molecular flexibility index (Phi) is 3.14. The zero-order chi connectivity index (χ0) is 16.1. The molecule has 0 aliphatic heterocycles. The van der Waals surface area contributed by atoms with Gasteiger partial charge in [0.15, 0.2) is 0 Å². The van der Waals surface area contributed by atoms with Crippen LogP contribution in [0, 0.1) is 0 Å². The fourth-order valence-corrected chi connectivity index (χ4v) is 4.34. The number of halogens is 1. The van der Waals surface area contributed by atoms with Crippen LogP contribution in [0.1, 0.15) is 16.7 Å². The highest BCUT2D eigenvalue weighted by Gasteiger charge is 2.25. The first kappa shape index (κ1) is 14.1. The second-order valence-corrected chi connectivity index (χ2v) is 8.03. The minimum atomic E-state index is 0.677. The first-order chi connectivity index (χ1) is 11.8. The lowest BCUT2D eigenvalue weighted by Gasteiger charge is -2.04. The van der Waals surface area contributed by atoms with Crippen LogP contribution in [-0.4, -0.2) is 30.4 Å². The van der Waals surface area contributed by atoms with Crippen LogP contribution in [-0.2, 0) is 13.0 Å². The van der Waals surface area contributed by atoms with Gasteiger partial charge >= 0.3 is 0 Å². The number of hydrogen-bond donors (Lipinski definition) is 1. The molecule has 1 aliphatic rings. The quantitative estimate of drug-likeness (QED) is 0.504. The zero-order valence-corrected chi connectivity index (χ0v) is 14.8. The van der Waals surface area contributed by atoms with E-state index in [9.17, 15) is 0 Å². The van der Waals surface area contributed by atoms with E-state index < -0.39 is 0 Å². The maximum absolute atomic E-state index is 4.53. The van der Waals surface area contributed by atoms with Crippen LogP contribution in [0.3, 0.4) is 0 Å². The van der Waals surface area contributed by atoms with Crippen LogP contribution in [0.25, 0.3) is 22.5 Å². The second kappa shape index (κ2) is 5.35. The average molecular weight is 399 g/mol. The largest absolute Gasteiger partial charge is 0.277 e. The van der Waals surface area contributed by atoms with Crippen LogP contribution in [0.5, 0.6) is 0 Å². The first-order valence-corrected chi connectivity index (χ1v) is 9.10. The molecule has 6 nitrogen and oxygen atoms in total. The first-order valence-electron chi connectivity index (χ1n) is 7.42.